The van der Waals surface area contributed by atoms with Crippen molar-refractivity contribution in [1.29, 1.82) is 0 Å². The lowest BCUT2D eigenvalue weighted by Crippen LogP contribution is -2.06. The van der Waals surface area contributed by atoms with Crippen LogP contribution in [0.5, 0.6) is 0 Å². The van der Waals surface area contributed by atoms with Crippen molar-refractivity contribution >= 4 is 33.6 Å². The Labute approximate surface area is 168 Å². The van der Waals surface area contributed by atoms with Crippen molar-refractivity contribution in [3.05, 3.63) is 96.1 Å². The Morgan fingerprint density at radius 3 is 2.61 bits per heavy atom. The molecule has 2 aliphatic rings. The molecule has 6 rings (SSSR count). The van der Waals surface area contributed by atoms with Gasteiger partial charge in [-0.25, -0.2) is 0 Å². The number of para-hydroxylation sites is 2. The zero-order valence-corrected chi connectivity index (χ0v) is 16.2. The molecular weight excluding hydrogens is 360 g/mol. The average Bonchev–Trinajstić information content (AvgIpc) is 3.29. The largest absolute Gasteiger partial charge is 0.326 e. The van der Waals surface area contributed by atoms with Crippen LogP contribution in [-0.2, 0) is 6.54 Å². The van der Waals surface area contributed by atoms with E-state index < -0.39 is 0 Å². The molecule has 1 aliphatic heterocycles. The molecule has 0 bridgehead atoms. The van der Waals surface area contributed by atoms with Crippen LogP contribution in [0.4, 0.5) is 0 Å². The van der Waals surface area contributed by atoms with Crippen molar-refractivity contribution < 1.29 is 0 Å². The molecule has 4 aromatic rings. The van der Waals surface area contributed by atoms with Gasteiger partial charge in [0.25, 0.3) is 0 Å². The zero-order valence-electron chi connectivity index (χ0n) is 15.4. The topological polar surface area (TPSA) is 30.9 Å². The first-order valence-electron chi connectivity index (χ1n) is 9.73. The van der Waals surface area contributed by atoms with E-state index in [1.54, 1.807) is 0 Å². The van der Waals surface area contributed by atoms with Gasteiger partial charge in [-0.3, -0.25) is 0 Å². The molecule has 0 amide bonds. The lowest BCUT2D eigenvalue weighted by molar-refractivity contribution is 0.882. The molecule has 0 saturated carbocycles. The third-order valence-electron chi connectivity index (χ3n) is 5.97. The van der Waals surface area contributed by atoms with Gasteiger partial charge in [0.2, 0.25) is 0 Å². The van der Waals surface area contributed by atoms with E-state index in [4.69, 9.17) is 5.73 Å². The Kier molecular flexibility index (Phi) is 3.55. The number of hydrogen-bond acceptors (Lipinski definition) is 2. The normalized spacial score (nSPS) is 20.0. The average molecular weight is 381 g/mol. The van der Waals surface area contributed by atoms with Gasteiger partial charge in [0.1, 0.15) is 0 Å². The van der Waals surface area contributed by atoms with Gasteiger partial charge in [0.05, 0.1) is 16.7 Å². The number of aromatic nitrogens is 1. The maximum atomic E-state index is 6.12. The summed E-state index contributed by atoms with van der Waals surface area (Å²) in [4.78, 5) is 1.41. The summed E-state index contributed by atoms with van der Waals surface area (Å²) >= 11 is 2.00. The highest BCUT2D eigenvalue weighted by atomic mass is 32.2. The second-order valence-electron chi connectivity index (χ2n) is 7.44. The van der Waals surface area contributed by atoms with Crippen LogP contribution in [0.3, 0.4) is 0 Å². The Morgan fingerprint density at radius 1 is 0.857 bits per heavy atom. The quantitative estimate of drug-likeness (QED) is 0.467. The lowest BCUT2D eigenvalue weighted by atomic mass is 9.92. The maximum Gasteiger partial charge on any atom is 0.0680 e. The Morgan fingerprint density at radius 2 is 1.68 bits per heavy atom. The van der Waals surface area contributed by atoms with Crippen molar-refractivity contribution in [1.82, 2.24) is 4.57 Å². The zero-order chi connectivity index (χ0) is 18.7. The number of hydrogen-bond donors (Lipinski definition) is 1. The van der Waals surface area contributed by atoms with Crippen molar-refractivity contribution in [2.75, 3.05) is 0 Å². The molecule has 2 N–H and O–H groups in total. The van der Waals surface area contributed by atoms with Gasteiger partial charge < -0.3 is 10.3 Å². The smallest absolute Gasteiger partial charge is 0.0680 e. The molecule has 0 spiro atoms. The van der Waals surface area contributed by atoms with Crippen molar-refractivity contribution in [3.63, 3.8) is 0 Å². The molecular formula is C25H20N2S. The lowest BCUT2D eigenvalue weighted by Gasteiger charge is -2.14. The number of rotatable bonds is 2. The van der Waals surface area contributed by atoms with Crippen LogP contribution in [0.1, 0.15) is 17.0 Å². The first-order valence-corrected chi connectivity index (χ1v) is 10.6. The van der Waals surface area contributed by atoms with E-state index in [9.17, 15) is 0 Å². The van der Waals surface area contributed by atoms with Crippen LogP contribution in [0.2, 0.25) is 0 Å². The highest BCUT2D eigenvalue weighted by Crippen LogP contribution is 2.52. The van der Waals surface area contributed by atoms with Crippen molar-refractivity contribution in [2.24, 2.45) is 5.73 Å². The molecule has 0 radical (unpaired) electrons. The Hall–Kier alpha value is -2.75. The van der Waals surface area contributed by atoms with E-state index in [1.807, 2.05) is 11.8 Å². The Balaban J connectivity index is 1.77. The summed E-state index contributed by atoms with van der Waals surface area (Å²) < 4.78 is 2.43. The van der Waals surface area contributed by atoms with Crippen LogP contribution in [0.15, 0.2) is 89.9 Å². The summed E-state index contributed by atoms with van der Waals surface area (Å²) in [5, 5.41) is 3.11. The van der Waals surface area contributed by atoms with Gasteiger partial charge in [0.15, 0.2) is 0 Å². The second-order valence-corrected chi connectivity index (χ2v) is 8.63. The minimum Gasteiger partial charge on any atom is -0.326 e. The van der Waals surface area contributed by atoms with Crippen LogP contribution in [-0.4, -0.2) is 9.82 Å². The van der Waals surface area contributed by atoms with Gasteiger partial charge in [-0.05, 0) is 23.3 Å². The second kappa shape index (κ2) is 6.13. The fourth-order valence-electron chi connectivity index (χ4n) is 4.70. The minimum atomic E-state index is 0.464. The van der Waals surface area contributed by atoms with Crippen LogP contribution in [0.25, 0.3) is 27.5 Å². The third-order valence-corrected chi connectivity index (χ3v) is 7.36. The summed E-state index contributed by atoms with van der Waals surface area (Å²) in [5.41, 5.74) is 12.5. The molecule has 2 nitrogen and oxygen atoms in total. The van der Waals surface area contributed by atoms with Crippen molar-refractivity contribution in [3.8, 4) is 5.69 Å². The van der Waals surface area contributed by atoms with Crippen molar-refractivity contribution in [2.45, 2.75) is 22.6 Å². The SMILES string of the molecule is NCc1ccccc1-n1c2ccccc2c2ccc3c(c21)SC1C=CC=CC31. The number of nitrogens with two attached hydrogens (primary N) is 1. The number of allylic oxidation sites excluding steroid dienone is 3. The first kappa shape index (κ1) is 16.2. The van der Waals surface area contributed by atoms with E-state index in [1.165, 1.54) is 43.5 Å². The first-order chi connectivity index (χ1) is 13.9. The van der Waals surface area contributed by atoms with Crippen LogP contribution < -0.4 is 5.73 Å². The molecule has 2 unspecified atom stereocenters. The molecule has 2 heterocycles. The van der Waals surface area contributed by atoms with Gasteiger partial charge in [-0.2, -0.15) is 0 Å². The molecule has 3 aromatic carbocycles. The summed E-state index contributed by atoms with van der Waals surface area (Å²) in [6, 6.07) is 21.9. The minimum absolute atomic E-state index is 0.464. The molecule has 0 saturated heterocycles. The monoisotopic (exact) mass is 380 g/mol. The summed E-state index contributed by atoms with van der Waals surface area (Å²) in [6.45, 7) is 0.531. The van der Waals surface area contributed by atoms with E-state index in [0.29, 0.717) is 17.7 Å². The molecule has 2 atom stereocenters. The van der Waals surface area contributed by atoms with E-state index in [0.717, 1.165) is 0 Å². The number of benzene rings is 3. The van der Waals surface area contributed by atoms with Gasteiger partial charge in [-0.15, -0.1) is 11.8 Å². The standard InChI is InChI=1S/C25H20N2S/c26-15-16-7-1-4-10-21(16)27-22-11-5-2-8-17(22)19-13-14-20-18-9-3-6-12-23(18)28-25(20)24(19)27/h1-14,18,23H,15,26H2. The van der Waals surface area contributed by atoms with Crippen LogP contribution in [0, 0.1) is 0 Å². The van der Waals surface area contributed by atoms with E-state index >= 15 is 0 Å². The number of fused-ring (bicyclic) bond motifs is 7. The van der Waals surface area contributed by atoms with Gasteiger partial charge in [0, 0.05) is 33.4 Å². The van der Waals surface area contributed by atoms with Gasteiger partial charge in [-0.1, -0.05) is 72.8 Å². The summed E-state index contributed by atoms with van der Waals surface area (Å²) in [6.07, 6.45) is 9.04. The summed E-state index contributed by atoms with van der Waals surface area (Å²) in [7, 11) is 0. The molecule has 1 aromatic heterocycles. The predicted octanol–water partition coefficient (Wildman–Crippen LogP) is 5.93. The highest BCUT2D eigenvalue weighted by molar-refractivity contribution is 8.00. The number of nitrogens with zero attached hydrogens (tertiary/aromatic N) is 1. The van der Waals surface area contributed by atoms with Crippen LogP contribution >= 0.6 is 11.8 Å². The molecule has 1 aliphatic carbocycles. The van der Waals surface area contributed by atoms with E-state index in [-0.39, 0.29) is 0 Å². The molecule has 3 heteroatoms. The molecule has 0 fully saturated rings. The van der Waals surface area contributed by atoms with E-state index in [2.05, 4.69) is 89.5 Å². The summed E-state index contributed by atoms with van der Waals surface area (Å²) in [5.74, 6) is 0.464. The maximum absolute atomic E-state index is 6.12. The fourth-order valence-corrected chi connectivity index (χ4v) is 6.18. The third kappa shape index (κ3) is 2.15. The predicted molar refractivity (Wildman–Crippen MR) is 119 cm³/mol. The highest BCUT2D eigenvalue weighted by Gasteiger charge is 2.34. The molecule has 136 valence electrons. The van der Waals surface area contributed by atoms with Gasteiger partial charge >= 0.3 is 0 Å². The Bertz CT molecular complexity index is 1290. The fraction of sp³-hybridized carbons (Fsp3) is 0.120. The number of thioether (sulfide) groups is 1. The molecule has 28 heavy (non-hydrogen) atoms.